The molecular formula is C11H14. The Hall–Kier alpha value is -1.04. The maximum absolute atomic E-state index is 2.18. The molecular weight excluding hydrogens is 132 g/mol. The highest BCUT2D eigenvalue weighted by molar-refractivity contribution is 5.12. The van der Waals surface area contributed by atoms with Gasteiger partial charge < -0.3 is 0 Å². The standard InChI is InChI=1S/C6H8.C5H6/c1-2-4-6-5-3-1;1-2-4-5-3-1/h1-4H,5-6H2;1-4H,5H2. The second kappa shape index (κ2) is 5.72. The molecule has 0 aromatic rings. The van der Waals surface area contributed by atoms with Gasteiger partial charge in [0.2, 0.25) is 0 Å². The zero-order chi connectivity index (χ0) is 7.78. The van der Waals surface area contributed by atoms with Crippen LogP contribution in [0, 0.1) is 0 Å². The van der Waals surface area contributed by atoms with E-state index in [1.165, 1.54) is 12.8 Å². The average molecular weight is 146 g/mol. The van der Waals surface area contributed by atoms with Gasteiger partial charge in [0.05, 0.1) is 0 Å². The van der Waals surface area contributed by atoms with Gasteiger partial charge in [0, 0.05) is 0 Å². The van der Waals surface area contributed by atoms with Gasteiger partial charge in [0.1, 0.15) is 0 Å². The molecule has 0 heteroatoms. The van der Waals surface area contributed by atoms with Gasteiger partial charge in [-0.15, -0.1) is 0 Å². The fraction of sp³-hybridized carbons (Fsp3) is 0.273. The van der Waals surface area contributed by atoms with E-state index in [-0.39, 0.29) is 0 Å². The van der Waals surface area contributed by atoms with E-state index in [1.54, 1.807) is 0 Å². The maximum Gasteiger partial charge on any atom is -0.0163 e. The Morgan fingerprint density at radius 2 is 1.00 bits per heavy atom. The van der Waals surface area contributed by atoms with Gasteiger partial charge in [-0.2, -0.15) is 0 Å². The molecule has 11 heavy (non-hydrogen) atoms. The minimum atomic E-state index is 1.14. The quantitative estimate of drug-likeness (QED) is 0.491. The first-order valence-corrected chi connectivity index (χ1v) is 4.13. The molecule has 0 unspecified atom stereocenters. The predicted octanol–water partition coefficient (Wildman–Crippen LogP) is 3.40. The number of hydrogen-bond donors (Lipinski definition) is 0. The molecule has 0 bridgehead atoms. The van der Waals surface area contributed by atoms with Crippen LogP contribution in [0.3, 0.4) is 0 Å². The van der Waals surface area contributed by atoms with Crippen LogP contribution in [0.25, 0.3) is 0 Å². The first kappa shape index (κ1) is 8.06. The highest BCUT2D eigenvalue weighted by Crippen LogP contribution is 1.98. The highest BCUT2D eigenvalue weighted by atomic mass is 13.8. The lowest BCUT2D eigenvalue weighted by Crippen LogP contribution is -1.67. The van der Waals surface area contributed by atoms with Crippen molar-refractivity contribution in [3.63, 3.8) is 0 Å². The zero-order valence-corrected chi connectivity index (χ0v) is 6.74. The summed E-state index contributed by atoms with van der Waals surface area (Å²) in [6.07, 6.45) is 20.5. The SMILES string of the molecule is C1=CCC=C1.C1=CCCC=C1. The number of rotatable bonds is 0. The molecule has 0 nitrogen and oxygen atoms in total. The molecule has 0 aromatic heterocycles. The summed E-state index contributed by atoms with van der Waals surface area (Å²) >= 11 is 0. The Bertz CT molecular complexity index is 170. The summed E-state index contributed by atoms with van der Waals surface area (Å²) < 4.78 is 0. The topological polar surface area (TPSA) is 0 Å². The van der Waals surface area contributed by atoms with Crippen LogP contribution in [0.1, 0.15) is 19.3 Å². The molecule has 0 atom stereocenters. The molecule has 0 aromatic carbocycles. The van der Waals surface area contributed by atoms with Crippen molar-refractivity contribution in [2.45, 2.75) is 19.3 Å². The molecule has 0 saturated heterocycles. The Morgan fingerprint density at radius 1 is 0.545 bits per heavy atom. The highest BCUT2D eigenvalue weighted by Gasteiger charge is 1.77. The third-order valence-electron chi connectivity index (χ3n) is 1.54. The Balaban J connectivity index is 0.000000112. The van der Waals surface area contributed by atoms with Gasteiger partial charge in [0.25, 0.3) is 0 Å². The van der Waals surface area contributed by atoms with E-state index in [0.717, 1.165) is 6.42 Å². The first-order chi connectivity index (χ1) is 5.50. The lowest BCUT2D eigenvalue weighted by Gasteiger charge is -1.88. The Kier molecular flexibility index (Phi) is 4.19. The van der Waals surface area contributed by atoms with Crippen molar-refractivity contribution >= 4 is 0 Å². The first-order valence-electron chi connectivity index (χ1n) is 4.13. The fourth-order valence-corrected chi connectivity index (χ4v) is 0.935. The largest absolute Gasteiger partial charge is 0.0842 e. The maximum atomic E-state index is 2.18. The molecule has 0 heterocycles. The van der Waals surface area contributed by atoms with Crippen LogP contribution in [0.5, 0.6) is 0 Å². The zero-order valence-electron chi connectivity index (χ0n) is 6.74. The Labute approximate surface area is 68.6 Å². The van der Waals surface area contributed by atoms with E-state index >= 15 is 0 Å². The molecule has 0 spiro atoms. The van der Waals surface area contributed by atoms with E-state index in [4.69, 9.17) is 0 Å². The minimum Gasteiger partial charge on any atom is -0.0842 e. The smallest absolute Gasteiger partial charge is 0.0163 e. The van der Waals surface area contributed by atoms with Crippen molar-refractivity contribution in [1.82, 2.24) is 0 Å². The van der Waals surface area contributed by atoms with Crippen LogP contribution in [0.15, 0.2) is 48.6 Å². The van der Waals surface area contributed by atoms with Crippen molar-refractivity contribution in [2.24, 2.45) is 0 Å². The molecule has 0 aliphatic heterocycles. The van der Waals surface area contributed by atoms with Crippen LogP contribution in [-0.4, -0.2) is 0 Å². The number of allylic oxidation sites excluding steroid dienone is 8. The van der Waals surface area contributed by atoms with Gasteiger partial charge in [-0.05, 0) is 19.3 Å². The lowest BCUT2D eigenvalue weighted by atomic mass is 10.2. The summed E-state index contributed by atoms with van der Waals surface area (Å²) in [5.74, 6) is 0. The van der Waals surface area contributed by atoms with Crippen molar-refractivity contribution in [2.75, 3.05) is 0 Å². The Morgan fingerprint density at radius 3 is 1.18 bits per heavy atom. The van der Waals surface area contributed by atoms with Crippen LogP contribution >= 0.6 is 0 Å². The third kappa shape index (κ3) is 4.38. The van der Waals surface area contributed by atoms with Crippen molar-refractivity contribution in [3.05, 3.63) is 48.6 Å². The summed E-state index contributed by atoms with van der Waals surface area (Å²) in [5.41, 5.74) is 0. The van der Waals surface area contributed by atoms with E-state index in [9.17, 15) is 0 Å². The lowest BCUT2D eigenvalue weighted by molar-refractivity contribution is 1.04. The summed E-state index contributed by atoms with van der Waals surface area (Å²) in [5, 5.41) is 0. The molecule has 2 aliphatic rings. The van der Waals surface area contributed by atoms with Crippen molar-refractivity contribution in [3.8, 4) is 0 Å². The molecule has 0 N–H and O–H groups in total. The molecule has 0 saturated carbocycles. The van der Waals surface area contributed by atoms with Gasteiger partial charge in [-0.3, -0.25) is 0 Å². The molecule has 58 valence electrons. The van der Waals surface area contributed by atoms with Crippen molar-refractivity contribution in [1.29, 1.82) is 0 Å². The van der Waals surface area contributed by atoms with Gasteiger partial charge in [-0.1, -0.05) is 48.6 Å². The van der Waals surface area contributed by atoms with Gasteiger partial charge >= 0.3 is 0 Å². The second-order valence-corrected chi connectivity index (χ2v) is 2.53. The van der Waals surface area contributed by atoms with Crippen LogP contribution in [0.4, 0.5) is 0 Å². The van der Waals surface area contributed by atoms with Crippen molar-refractivity contribution < 1.29 is 0 Å². The van der Waals surface area contributed by atoms with Crippen LogP contribution in [0.2, 0.25) is 0 Å². The molecule has 0 amide bonds. The van der Waals surface area contributed by atoms with E-state index in [2.05, 4.69) is 48.6 Å². The summed E-state index contributed by atoms with van der Waals surface area (Å²) in [6, 6.07) is 0. The summed E-state index contributed by atoms with van der Waals surface area (Å²) in [7, 11) is 0. The second-order valence-electron chi connectivity index (χ2n) is 2.53. The molecule has 2 rings (SSSR count). The number of hydrogen-bond acceptors (Lipinski definition) is 0. The van der Waals surface area contributed by atoms with Crippen LogP contribution in [-0.2, 0) is 0 Å². The van der Waals surface area contributed by atoms with Crippen LogP contribution < -0.4 is 0 Å². The normalized spacial score (nSPS) is 18.2. The summed E-state index contributed by atoms with van der Waals surface area (Å²) in [4.78, 5) is 0. The predicted molar refractivity (Wildman–Crippen MR) is 50.4 cm³/mol. The molecule has 0 radical (unpaired) electrons. The monoisotopic (exact) mass is 146 g/mol. The summed E-state index contributed by atoms with van der Waals surface area (Å²) in [6.45, 7) is 0. The van der Waals surface area contributed by atoms with Gasteiger partial charge in [-0.25, -0.2) is 0 Å². The molecule has 2 aliphatic carbocycles. The average Bonchev–Trinajstić information content (AvgIpc) is 2.64. The minimum absolute atomic E-state index is 1.14. The van der Waals surface area contributed by atoms with E-state index in [1.807, 2.05) is 0 Å². The van der Waals surface area contributed by atoms with Gasteiger partial charge in [0.15, 0.2) is 0 Å². The molecule has 0 fully saturated rings. The fourth-order valence-electron chi connectivity index (χ4n) is 0.935. The third-order valence-corrected chi connectivity index (χ3v) is 1.54. The van der Waals surface area contributed by atoms with E-state index in [0.29, 0.717) is 0 Å². The van der Waals surface area contributed by atoms with E-state index < -0.39 is 0 Å².